The third-order valence-corrected chi connectivity index (χ3v) is 10.9. The van der Waals surface area contributed by atoms with Gasteiger partial charge < -0.3 is 5.32 Å². The van der Waals surface area contributed by atoms with Crippen LogP contribution in [0.3, 0.4) is 0 Å². The standard InChI is InChI=1S/C38H50N2O3/c1-24(41)18-21-39-36(43)29-14-10-27(11-15-29)25(2)33-23-34(42)35(31-9-7-8-30(22-31)28-12-13-28)40-38(26(33)3)19-16-32(17-20-38)37(4,5)6/h7-11,14-15,22,25-26,28,32-33H,12-13,16-21,23H2,1-6H3,(H,39,43). The lowest BCUT2D eigenvalue weighted by atomic mass is 9.60. The van der Waals surface area contributed by atoms with E-state index in [1.54, 1.807) is 0 Å². The number of rotatable bonds is 8. The Hall–Kier alpha value is -3.08. The summed E-state index contributed by atoms with van der Waals surface area (Å²) in [4.78, 5) is 43.5. The third kappa shape index (κ3) is 7.02. The summed E-state index contributed by atoms with van der Waals surface area (Å²) >= 11 is 0. The quantitative estimate of drug-likeness (QED) is 0.342. The highest BCUT2D eigenvalue weighted by atomic mass is 16.2. The molecule has 0 aromatic heterocycles. The number of hydrogen-bond acceptors (Lipinski definition) is 4. The van der Waals surface area contributed by atoms with Crippen LogP contribution in [0.15, 0.2) is 53.5 Å². The molecule has 2 aromatic carbocycles. The van der Waals surface area contributed by atoms with Crippen molar-refractivity contribution >= 4 is 23.2 Å². The molecular formula is C38H50N2O3. The molecule has 1 spiro atoms. The minimum Gasteiger partial charge on any atom is -0.352 e. The number of amides is 1. The van der Waals surface area contributed by atoms with Crippen LogP contribution < -0.4 is 5.32 Å². The summed E-state index contributed by atoms with van der Waals surface area (Å²) in [5.41, 5.74) is 4.76. The van der Waals surface area contributed by atoms with Gasteiger partial charge >= 0.3 is 0 Å². The molecular weight excluding hydrogens is 532 g/mol. The summed E-state index contributed by atoms with van der Waals surface area (Å²) in [6.45, 7) is 13.5. The normalized spacial score (nSPS) is 26.9. The smallest absolute Gasteiger partial charge is 0.251 e. The first-order valence-electron chi connectivity index (χ1n) is 16.5. The number of hydrogen-bond donors (Lipinski definition) is 1. The molecule has 3 atom stereocenters. The van der Waals surface area contributed by atoms with Crippen molar-refractivity contribution in [1.29, 1.82) is 0 Å². The number of nitrogens with one attached hydrogen (secondary N) is 1. The van der Waals surface area contributed by atoms with Gasteiger partial charge in [-0.2, -0.15) is 0 Å². The van der Waals surface area contributed by atoms with Crippen molar-refractivity contribution in [3.8, 4) is 0 Å². The van der Waals surface area contributed by atoms with Crippen LogP contribution in [0, 0.1) is 23.2 Å². The van der Waals surface area contributed by atoms with Crippen LogP contribution in [0.2, 0.25) is 0 Å². The zero-order valence-electron chi connectivity index (χ0n) is 27.0. The SMILES string of the molecule is CC(=O)CCNC(=O)c1ccc(C(C)C2CC(=O)C(c3cccc(C4CC4)c3)=NC3(CCC(C(C)(C)C)CC3)C2C)cc1. The lowest BCUT2D eigenvalue weighted by Gasteiger charge is -2.47. The van der Waals surface area contributed by atoms with Gasteiger partial charge in [0.2, 0.25) is 0 Å². The van der Waals surface area contributed by atoms with Crippen molar-refractivity contribution in [2.45, 2.75) is 110 Å². The average molecular weight is 583 g/mol. The number of carbonyl (C=O) groups excluding carboxylic acids is 3. The molecule has 2 fully saturated rings. The molecule has 0 radical (unpaired) electrons. The second-order valence-corrected chi connectivity index (χ2v) is 14.8. The van der Waals surface area contributed by atoms with Gasteiger partial charge in [-0.1, -0.05) is 65.0 Å². The van der Waals surface area contributed by atoms with E-state index in [9.17, 15) is 14.4 Å². The number of aliphatic imine (C=N–C) groups is 1. The first-order valence-corrected chi connectivity index (χ1v) is 16.5. The van der Waals surface area contributed by atoms with E-state index in [0.717, 1.165) is 36.8 Å². The predicted octanol–water partition coefficient (Wildman–Crippen LogP) is 8.07. The molecule has 5 heteroatoms. The highest BCUT2D eigenvalue weighted by Gasteiger charge is 2.48. The number of benzene rings is 2. The van der Waals surface area contributed by atoms with E-state index in [1.807, 2.05) is 24.3 Å². The molecule has 1 N–H and O–H groups in total. The largest absolute Gasteiger partial charge is 0.352 e. The number of Topliss-reactive ketones (excluding diaryl/α,β-unsaturated/α-hetero) is 2. The molecule has 3 unspecified atom stereocenters. The molecule has 1 aliphatic heterocycles. The van der Waals surface area contributed by atoms with Gasteiger partial charge in [-0.25, -0.2) is 0 Å². The molecule has 1 heterocycles. The fourth-order valence-electron chi connectivity index (χ4n) is 7.65. The summed E-state index contributed by atoms with van der Waals surface area (Å²) in [7, 11) is 0. The zero-order chi connectivity index (χ0) is 30.9. The third-order valence-electron chi connectivity index (χ3n) is 10.9. The first kappa shape index (κ1) is 31.3. The molecule has 0 saturated heterocycles. The van der Waals surface area contributed by atoms with Gasteiger partial charge in [0, 0.05) is 30.5 Å². The summed E-state index contributed by atoms with van der Waals surface area (Å²) in [5, 5.41) is 2.83. The van der Waals surface area contributed by atoms with Crippen molar-refractivity contribution in [3.05, 3.63) is 70.8 Å². The Bertz CT molecular complexity index is 1370. The summed E-state index contributed by atoms with van der Waals surface area (Å²) in [6, 6.07) is 16.4. The molecule has 5 nitrogen and oxygen atoms in total. The van der Waals surface area contributed by atoms with Crippen molar-refractivity contribution in [1.82, 2.24) is 5.32 Å². The maximum atomic E-state index is 14.1. The van der Waals surface area contributed by atoms with Gasteiger partial charge in [0.25, 0.3) is 5.91 Å². The van der Waals surface area contributed by atoms with E-state index in [-0.39, 0.29) is 46.2 Å². The Morgan fingerprint density at radius 2 is 1.70 bits per heavy atom. The van der Waals surface area contributed by atoms with Gasteiger partial charge in [-0.15, -0.1) is 0 Å². The molecule has 2 saturated carbocycles. The molecule has 5 rings (SSSR count). The van der Waals surface area contributed by atoms with Crippen LogP contribution in [0.25, 0.3) is 0 Å². The highest BCUT2D eigenvalue weighted by Crippen LogP contribution is 2.51. The topological polar surface area (TPSA) is 75.6 Å². The van der Waals surface area contributed by atoms with E-state index in [1.165, 1.54) is 25.3 Å². The van der Waals surface area contributed by atoms with E-state index < -0.39 is 0 Å². The van der Waals surface area contributed by atoms with Gasteiger partial charge in [-0.05, 0) is 110 Å². The number of ketones is 2. The Balaban J connectivity index is 1.43. The minimum atomic E-state index is -0.256. The van der Waals surface area contributed by atoms with Crippen molar-refractivity contribution in [2.75, 3.05) is 6.54 Å². The molecule has 0 bridgehead atoms. The van der Waals surface area contributed by atoms with Crippen molar-refractivity contribution in [2.24, 2.45) is 28.2 Å². The van der Waals surface area contributed by atoms with E-state index >= 15 is 0 Å². The Morgan fingerprint density at radius 3 is 2.30 bits per heavy atom. The second kappa shape index (κ2) is 12.5. The number of carbonyl (C=O) groups is 3. The highest BCUT2D eigenvalue weighted by molar-refractivity contribution is 6.46. The molecule has 2 aromatic rings. The minimum absolute atomic E-state index is 0.0592. The molecule has 230 valence electrons. The van der Waals surface area contributed by atoms with E-state index in [4.69, 9.17) is 4.99 Å². The molecule has 2 aliphatic carbocycles. The summed E-state index contributed by atoms with van der Waals surface area (Å²) in [6.07, 6.45) is 7.57. The van der Waals surface area contributed by atoms with Gasteiger partial charge in [0.1, 0.15) is 11.5 Å². The zero-order valence-corrected chi connectivity index (χ0v) is 27.0. The van der Waals surface area contributed by atoms with Crippen molar-refractivity contribution in [3.63, 3.8) is 0 Å². The average Bonchev–Trinajstić information content (AvgIpc) is 3.84. The van der Waals surface area contributed by atoms with Crippen LogP contribution in [0.4, 0.5) is 0 Å². The van der Waals surface area contributed by atoms with Gasteiger partial charge in [0.15, 0.2) is 5.78 Å². The van der Waals surface area contributed by atoms with Crippen LogP contribution in [-0.2, 0) is 9.59 Å². The van der Waals surface area contributed by atoms with E-state index in [0.29, 0.717) is 42.5 Å². The molecule has 43 heavy (non-hydrogen) atoms. The van der Waals surface area contributed by atoms with Crippen LogP contribution in [0.1, 0.15) is 132 Å². The lowest BCUT2D eigenvalue weighted by molar-refractivity contribution is -0.117. The first-order chi connectivity index (χ1) is 20.4. The summed E-state index contributed by atoms with van der Waals surface area (Å²) in [5.74, 6) is 1.86. The fraction of sp³-hybridized carbons (Fsp3) is 0.579. The second-order valence-electron chi connectivity index (χ2n) is 14.8. The maximum Gasteiger partial charge on any atom is 0.251 e. The fourth-order valence-corrected chi connectivity index (χ4v) is 7.65. The van der Waals surface area contributed by atoms with Crippen LogP contribution in [-0.4, -0.2) is 35.3 Å². The lowest BCUT2D eigenvalue weighted by Crippen LogP contribution is -2.44. The Morgan fingerprint density at radius 1 is 1.02 bits per heavy atom. The van der Waals surface area contributed by atoms with Gasteiger partial charge in [-0.3, -0.25) is 19.4 Å². The number of nitrogens with zero attached hydrogens (tertiary/aromatic N) is 1. The Kier molecular flexibility index (Phi) is 9.11. The maximum absolute atomic E-state index is 14.1. The Labute approximate surface area is 258 Å². The van der Waals surface area contributed by atoms with Gasteiger partial charge in [0.05, 0.1) is 5.54 Å². The monoisotopic (exact) mass is 582 g/mol. The molecule has 1 amide bonds. The predicted molar refractivity (Wildman–Crippen MR) is 174 cm³/mol. The van der Waals surface area contributed by atoms with E-state index in [2.05, 4.69) is 64.2 Å². The van der Waals surface area contributed by atoms with Crippen molar-refractivity contribution < 1.29 is 14.4 Å². The van der Waals surface area contributed by atoms with Crippen LogP contribution >= 0.6 is 0 Å². The summed E-state index contributed by atoms with van der Waals surface area (Å²) < 4.78 is 0. The van der Waals surface area contributed by atoms with Crippen LogP contribution in [0.5, 0.6) is 0 Å². The molecule has 3 aliphatic rings.